The van der Waals surface area contributed by atoms with Crippen molar-refractivity contribution >= 4 is 0 Å². The van der Waals surface area contributed by atoms with Crippen LogP contribution in [0.25, 0.3) is 0 Å². The molecule has 0 spiro atoms. The van der Waals surface area contributed by atoms with Crippen molar-refractivity contribution in [1.82, 2.24) is 25.3 Å². The van der Waals surface area contributed by atoms with Crippen LogP contribution in [0.4, 0.5) is 0 Å². The van der Waals surface area contributed by atoms with E-state index in [1.54, 1.807) is 36.9 Å². The standard InChI is InChI=1S/C10H11N5/c1-3-12-9(13-4-1)7-11-8-10-14-5-2-6-15-10/h1-6,11H,7-8H2. The monoisotopic (exact) mass is 201 g/mol. The molecule has 0 aromatic carbocycles. The second-order valence-corrected chi connectivity index (χ2v) is 2.93. The molecule has 1 N–H and O–H groups in total. The Kier molecular flexibility index (Phi) is 3.30. The van der Waals surface area contributed by atoms with Crippen molar-refractivity contribution in [3.05, 3.63) is 48.6 Å². The van der Waals surface area contributed by atoms with Crippen LogP contribution in [0.1, 0.15) is 11.6 Å². The Bertz CT molecular complexity index is 350. The molecule has 0 atom stereocenters. The van der Waals surface area contributed by atoms with E-state index in [4.69, 9.17) is 0 Å². The topological polar surface area (TPSA) is 63.6 Å². The Balaban J connectivity index is 1.81. The lowest BCUT2D eigenvalue weighted by molar-refractivity contribution is 0.638. The summed E-state index contributed by atoms with van der Waals surface area (Å²) >= 11 is 0. The predicted octanol–water partition coefficient (Wildman–Crippen LogP) is 0.556. The first-order chi connectivity index (χ1) is 7.45. The molecule has 15 heavy (non-hydrogen) atoms. The highest BCUT2D eigenvalue weighted by atomic mass is 15.0. The first-order valence-electron chi connectivity index (χ1n) is 4.67. The Morgan fingerprint density at radius 3 is 1.53 bits per heavy atom. The van der Waals surface area contributed by atoms with Crippen LogP contribution in [-0.2, 0) is 13.1 Å². The summed E-state index contributed by atoms with van der Waals surface area (Å²) in [6.07, 6.45) is 6.90. The number of hydrogen-bond acceptors (Lipinski definition) is 5. The Morgan fingerprint density at radius 2 is 1.13 bits per heavy atom. The summed E-state index contributed by atoms with van der Waals surface area (Å²) in [6.45, 7) is 1.25. The SMILES string of the molecule is c1cnc(CNCc2ncccn2)nc1. The molecule has 0 saturated carbocycles. The van der Waals surface area contributed by atoms with Crippen molar-refractivity contribution in [1.29, 1.82) is 0 Å². The van der Waals surface area contributed by atoms with Gasteiger partial charge in [-0.3, -0.25) is 0 Å². The van der Waals surface area contributed by atoms with Crippen LogP contribution >= 0.6 is 0 Å². The zero-order chi connectivity index (χ0) is 10.3. The van der Waals surface area contributed by atoms with Gasteiger partial charge in [0.05, 0.1) is 13.1 Å². The van der Waals surface area contributed by atoms with E-state index >= 15 is 0 Å². The van der Waals surface area contributed by atoms with Crippen molar-refractivity contribution in [2.75, 3.05) is 0 Å². The molecule has 0 aliphatic heterocycles. The quantitative estimate of drug-likeness (QED) is 0.782. The van der Waals surface area contributed by atoms with Gasteiger partial charge in [-0.15, -0.1) is 0 Å². The maximum absolute atomic E-state index is 4.10. The third-order valence-electron chi connectivity index (χ3n) is 1.80. The van der Waals surface area contributed by atoms with Gasteiger partial charge in [0.15, 0.2) is 0 Å². The van der Waals surface area contributed by atoms with Gasteiger partial charge < -0.3 is 5.32 Å². The van der Waals surface area contributed by atoms with Crippen molar-refractivity contribution in [2.24, 2.45) is 0 Å². The summed E-state index contributed by atoms with van der Waals surface area (Å²) < 4.78 is 0. The van der Waals surface area contributed by atoms with Crippen LogP contribution in [0.2, 0.25) is 0 Å². The minimum absolute atomic E-state index is 0.624. The fourth-order valence-electron chi connectivity index (χ4n) is 1.13. The van der Waals surface area contributed by atoms with Gasteiger partial charge in [0.1, 0.15) is 11.6 Å². The number of hydrogen-bond donors (Lipinski definition) is 1. The molecule has 0 unspecified atom stereocenters. The van der Waals surface area contributed by atoms with Crippen LogP contribution in [0.3, 0.4) is 0 Å². The van der Waals surface area contributed by atoms with E-state index in [-0.39, 0.29) is 0 Å². The third-order valence-corrected chi connectivity index (χ3v) is 1.80. The molecule has 2 aromatic rings. The summed E-state index contributed by atoms with van der Waals surface area (Å²) in [7, 11) is 0. The fourth-order valence-corrected chi connectivity index (χ4v) is 1.13. The van der Waals surface area contributed by atoms with Crippen molar-refractivity contribution in [3.63, 3.8) is 0 Å². The van der Waals surface area contributed by atoms with E-state index in [9.17, 15) is 0 Å². The molecule has 0 bridgehead atoms. The first-order valence-corrected chi connectivity index (χ1v) is 4.67. The summed E-state index contributed by atoms with van der Waals surface area (Å²) in [6, 6.07) is 3.59. The van der Waals surface area contributed by atoms with Crippen LogP contribution in [0.5, 0.6) is 0 Å². The Morgan fingerprint density at radius 1 is 0.733 bits per heavy atom. The lowest BCUT2D eigenvalue weighted by Crippen LogP contribution is -2.16. The van der Waals surface area contributed by atoms with Gasteiger partial charge in [-0.25, -0.2) is 19.9 Å². The summed E-state index contributed by atoms with van der Waals surface area (Å²) in [4.78, 5) is 16.4. The summed E-state index contributed by atoms with van der Waals surface area (Å²) in [5, 5.41) is 3.17. The molecule has 76 valence electrons. The molecule has 5 heteroatoms. The molecule has 0 saturated heterocycles. The largest absolute Gasteiger partial charge is 0.303 e. The van der Waals surface area contributed by atoms with Gasteiger partial charge in [-0.2, -0.15) is 0 Å². The lowest BCUT2D eigenvalue weighted by Gasteiger charge is -2.01. The highest BCUT2D eigenvalue weighted by Gasteiger charge is 1.96. The molecule has 0 radical (unpaired) electrons. The normalized spacial score (nSPS) is 10.1. The number of aromatic nitrogens is 4. The van der Waals surface area contributed by atoms with Gasteiger partial charge in [0.25, 0.3) is 0 Å². The van der Waals surface area contributed by atoms with E-state index in [2.05, 4.69) is 25.3 Å². The molecule has 2 heterocycles. The molecule has 0 amide bonds. The molecular formula is C10H11N5. The van der Waals surface area contributed by atoms with E-state index in [0.717, 1.165) is 11.6 Å². The number of nitrogens with zero attached hydrogens (tertiary/aromatic N) is 4. The minimum atomic E-state index is 0.624. The van der Waals surface area contributed by atoms with Crippen LogP contribution < -0.4 is 5.32 Å². The molecular weight excluding hydrogens is 190 g/mol. The predicted molar refractivity (Wildman–Crippen MR) is 54.6 cm³/mol. The second kappa shape index (κ2) is 5.11. The first kappa shape index (κ1) is 9.67. The molecule has 5 nitrogen and oxygen atoms in total. The maximum Gasteiger partial charge on any atom is 0.141 e. The molecule has 0 fully saturated rings. The molecule has 0 aliphatic carbocycles. The second-order valence-electron chi connectivity index (χ2n) is 2.93. The van der Waals surface area contributed by atoms with Gasteiger partial charge in [-0.1, -0.05) is 0 Å². The van der Waals surface area contributed by atoms with E-state index in [1.807, 2.05) is 0 Å². The number of rotatable bonds is 4. The molecule has 2 rings (SSSR count). The highest BCUT2D eigenvalue weighted by molar-refractivity contribution is 4.90. The van der Waals surface area contributed by atoms with Crippen LogP contribution in [-0.4, -0.2) is 19.9 Å². The Hall–Kier alpha value is -1.88. The van der Waals surface area contributed by atoms with E-state index in [1.165, 1.54) is 0 Å². The molecule has 2 aromatic heterocycles. The van der Waals surface area contributed by atoms with Crippen LogP contribution in [0, 0.1) is 0 Å². The van der Waals surface area contributed by atoms with Gasteiger partial charge in [0, 0.05) is 24.8 Å². The average Bonchev–Trinajstić information content (AvgIpc) is 2.32. The number of nitrogens with one attached hydrogen (secondary N) is 1. The Labute approximate surface area is 87.6 Å². The van der Waals surface area contributed by atoms with Crippen molar-refractivity contribution < 1.29 is 0 Å². The van der Waals surface area contributed by atoms with Crippen LogP contribution in [0.15, 0.2) is 36.9 Å². The fraction of sp³-hybridized carbons (Fsp3) is 0.200. The smallest absolute Gasteiger partial charge is 0.141 e. The van der Waals surface area contributed by atoms with Gasteiger partial charge in [0.2, 0.25) is 0 Å². The van der Waals surface area contributed by atoms with Gasteiger partial charge in [-0.05, 0) is 12.1 Å². The zero-order valence-corrected chi connectivity index (χ0v) is 8.17. The van der Waals surface area contributed by atoms with Crippen molar-refractivity contribution in [2.45, 2.75) is 13.1 Å². The lowest BCUT2D eigenvalue weighted by atomic mass is 10.5. The maximum atomic E-state index is 4.10. The average molecular weight is 201 g/mol. The van der Waals surface area contributed by atoms with E-state index in [0.29, 0.717) is 13.1 Å². The van der Waals surface area contributed by atoms with Crippen molar-refractivity contribution in [3.8, 4) is 0 Å². The third kappa shape index (κ3) is 3.07. The van der Waals surface area contributed by atoms with Gasteiger partial charge >= 0.3 is 0 Å². The summed E-state index contributed by atoms with van der Waals surface area (Å²) in [5.74, 6) is 1.54. The van der Waals surface area contributed by atoms with E-state index < -0.39 is 0 Å². The summed E-state index contributed by atoms with van der Waals surface area (Å²) in [5.41, 5.74) is 0. The minimum Gasteiger partial charge on any atom is -0.303 e. The highest BCUT2D eigenvalue weighted by Crippen LogP contribution is 1.89. The zero-order valence-electron chi connectivity index (χ0n) is 8.17. The molecule has 0 aliphatic rings.